The molecule has 0 radical (unpaired) electrons. The van der Waals surface area contributed by atoms with Crippen LogP contribution in [0.3, 0.4) is 0 Å². The van der Waals surface area contributed by atoms with Crippen LogP contribution in [0.15, 0.2) is 12.2 Å². The number of nitrogen functional groups attached to an aromatic ring is 1. The van der Waals surface area contributed by atoms with Crippen molar-refractivity contribution in [1.82, 2.24) is 0 Å². The molecule has 0 amide bonds. The van der Waals surface area contributed by atoms with Crippen molar-refractivity contribution >= 4 is 27.3 Å². The second-order valence-corrected chi connectivity index (χ2v) is 5.23. The van der Waals surface area contributed by atoms with Crippen LogP contribution in [-0.4, -0.2) is 25.7 Å². The van der Waals surface area contributed by atoms with E-state index < -0.39 is 0 Å². The summed E-state index contributed by atoms with van der Waals surface area (Å²) in [6.45, 7) is 5.96. The van der Waals surface area contributed by atoms with Gasteiger partial charge < -0.3 is 15.4 Å². The Balaban J connectivity index is 2.31. The third-order valence-electron chi connectivity index (χ3n) is 2.97. The van der Waals surface area contributed by atoms with Crippen molar-refractivity contribution in [3.05, 3.63) is 23.3 Å². The number of nitrogens with two attached hydrogens (primary N) is 1. The molecule has 0 saturated carbocycles. The zero-order valence-corrected chi connectivity index (χ0v) is 11.5. The molecule has 0 saturated heterocycles. The summed E-state index contributed by atoms with van der Waals surface area (Å²) in [6, 6.07) is 0. The highest BCUT2D eigenvalue weighted by molar-refractivity contribution is 7.20. The first-order valence-electron chi connectivity index (χ1n) is 6.11. The summed E-state index contributed by atoms with van der Waals surface area (Å²) in [6.07, 6.45) is 5.35. The van der Waals surface area contributed by atoms with Crippen molar-refractivity contribution < 1.29 is 9.53 Å². The van der Waals surface area contributed by atoms with E-state index >= 15 is 0 Å². The molecule has 0 bridgehead atoms. The molecule has 5 heteroatoms. The highest BCUT2D eigenvalue weighted by Gasteiger charge is 2.23. The molecular weight excluding hydrogens is 248 g/mol. The van der Waals surface area contributed by atoms with Crippen LogP contribution in [-0.2, 0) is 4.74 Å². The zero-order chi connectivity index (χ0) is 13.1. The quantitative estimate of drug-likeness (QED) is 0.675. The number of ether oxygens (including phenoxy) is 1. The van der Waals surface area contributed by atoms with Crippen molar-refractivity contribution in [2.24, 2.45) is 0 Å². The summed E-state index contributed by atoms with van der Waals surface area (Å²) >= 11 is 1.47. The Bertz CT molecular complexity index is 480. The normalized spacial score (nSPS) is 14.9. The molecule has 0 fully saturated rings. The van der Waals surface area contributed by atoms with Crippen molar-refractivity contribution in [1.29, 1.82) is 0 Å². The van der Waals surface area contributed by atoms with Gasteiger partial charge in [0.15, 0.2) is 0 Å². The average molecular weight is 266 g/mol. The number of esters is 1. The van der Waals surface area contributed by atoms with E-state index in [0.717, 1.165) is 30.1 Å². The van der Waals surface area contributed by atoms with E-state index in [0.29, 0.717) is 17.2 Å². The molecule has 0 unspecified atom stereocenters. The van der Waals surface area contributed by atoms with Gasteiger partial charge in [0.05, 0.1) is 17.2 Å². The van der Waals surface area contributed by atoms with Gasteiger partial charge >= 0.3 is 5.97 Å². The van der Waals surface area contributed by atoms with Crippen LogP contribution < -0.4 is 10.6 Å². The number of carbonyl (C=O) groups is 1. The van der Waals surface area contributed by atoms with E-state index in [-0.39, 0.29) is 5.97 Å². The van der Waals surface area contributed by atoms with Crippen LogP contribution in [0, 0.1) is 6.92 Å². The first-order chi connectivity index (χ1) is 8.65. The maximum Gasteiger partial charge on any atom is 0.341 e. The molecule has 1 aliphatic heterocycles. The second kappa shape index (κ2) is 5.44. The lowest BCUT2D eigenvalue weighted by atomic mass is 10.1. The minimum Gasteiger partial charge on any atom is -0.462 e. The third-order valence-corrected chi connectivity index (χ3v) is 4.16. The number of rotatable bonds is 3. The van der Waals surface area contributed by atoms with Gasteiger partial charge in [-0.25, -0.2) is 4.79 Å². The molecule has 2 rings (SSSR count). The van der Waals surface area contributed by atoms with Crippen molar-refractivity contribution in [2.75, 3.05) is 30.3 Å². The van der Waals surface area contributed by atoms with Gasteiger partial charge in [0.2, 0.25) is 0 Å². The number of nitrogens with zero attached hydrogens (tertiary/aromatic N) is 1. The zero-order valence-electron chi connectivity index (χ0n) is 10.7. The predicted molar refractivity (Wildman–Crippen MR) is 75.4 cm³/mol. The predicted octanol–water partition coefficient (Wildman–Crippen LogP) is 2.58. The molecule has 0 aromatic carbocycles. The highest BCUT2D eigenvalue weighted by Crippen LogP contribution is 2.38. The van der Waals surface area contributed by atoms with E-state index in [1.807, 2.05) is 6.92 Å². The highest BCUT2D eigenvalue weighted by atomic mass is 32.1. The summed E-state index contributed by atoms with van der Waals surface area (Å²) in [5.74, 6) is -0.317. The van der Waals surface area contributed by atoms with E-state index in [9.17, 15) is 4.79 Å². The maximum absolute atomic E-state index is 11.9. The van der Waals surface area contributed by atoms with E-state index in [1.165, 1.54) is 11.3 Å². The van der Waals surface area contributed by atoms with Crippen molar-refractivity contribution in [3.8, 4) is 0 Å². The van der Waals surface area contributed by atoms with E-state index in [4.69, 9.17) is 10.5 Å². The van der Waals surface area contributed by atoms with Crippen LogP contribution in [0.1, 0.15) is 29.3 Å². The molecule has 1 aromatic heterocycles. The van der Waals surface area contributed by atoms with Gasteiger partial charge in [-0.15, -0.1) is 11.3 Å². The molecule has 2 N–H and O–H groups in total. The lowest BCUT2D eigenvalue weighted by molar-refractivity contribution is 0.0527. The second-order valence-electron chi connectivity index (χ2n) is 4.20. The number of anilines is 2. The Morgan fingerprint density at radius 3 is 2.94 bits per heavy atom. The average Bonchev–Trinajstić information content (AvgIpc) is 2.66. The number of hydrogen-bond donors (Lipinski definition) is 1. The van der Waals surface area contributed by atoms with Gasteiger partial charge in [-0.2, -0.15) is 0 Å². The minimum absolute atomic E-state index is 0.317. The topological polar surface area (TPSA) is 55.6 Å². The molecule has 0 atom stereocenters. The van der Waals surface area contributed by atoms with Gasteiger partial charge in [0.1, 0.15) is 5.00 Å². The van der Waals surface area contributed by atoms with Gasteiger partial charge in [-0.05, 0) is 20.3 Å². The summed E-state index contributed by atoms with van der Waals surface area (Å²) in [5, 5.41) is 1.63. The van der Waals surface area contributed by atoms with E-state index in [1.54, 1.807) is 6.92 Å². The Morgan fingerprint density at radius 2 is 2.33 bits per heavy atom. The first kappa shape index (κ1) is 13.0. The number of thiophene rings is 1. The number of carbonyl (C=O) groups excluding carboxylic acids is 1. The van der Waals surface area contributed by atoms with Crippen LogP contribution in [0.2, 0.25) is 0 Å². The fraction of sp³-hybridized carbons (Fsp3) is 0.462. The Hall–Kier alpha value is -1.49. The first-order valence-corrected chi connectivity index (χ1v) is 6.92. The van der Waals surface area contributed by atoms with Crippen LogP contribution in [0.25, 0.3) is 0 Å². The van der Waals surface area contributed by atoms with Crippen molar-refractivity contribution in [2.45, 2.75) is 20.3 Å². The Kier molecular flexibility index (Phi) is 3.91. The monoisotopic (exact) mass is 266 g/mol. The molecule has 0 aliphatic carbocycles. The van der Waals surface area contributed by atoms with Gasteiger partial charge in [-0.3, -0.25) is 0 Å². The number of hydrogen-bond acceptors (Lipinski definition) is 5. The van der Waals surface area contributed by atoms with Gasteiger partial charge in [-0.1, -0.05) is 12.2 Å². The molecule has 1 aliphatic rings. The Labute approximate surface area is 111 Å². The molecule has 18 heavy (non-hydrogen) atoms. The van der Waals surface area contributed by atoms with Crippen LogP contribution in [0.4, 0.5) is 10.0 Å². The lowest BCUT2D eigenvalue weighted by Crippen LogP contribution is -2.26. The van der Waals surface area contributed by atoms with Crippen LogP contribution in [0.5, 0.6) is 0 Å². The maximum atomic E-state index is 11.9. The summed E-state index contributed by atoms with van der Waals surface area (Å²) in [5.41, 5.74) is 7.42. The summed E-state index contributed by atoms with van der Waals surface area (Å²) in [4.78, 5) is 14.1. The van der Waals surface area contributed by atoms with Crippen molar-refractivity contribution in [3.63, 3.8) is 0 Å². The standard InChI is InChI=1S/C13H18N2O2S/c1-3-17-13(16)10-9(2)12(18-11(10)14)15-7-5-4-6-8-15/h4-5H,3,6-8,14H2,1-2H3. The fourth-order valence-electron chi connectivity index (χ4n) is 2.11. The molecule has 2 heterocycles. The minimum atomic E-state index is -0.317. The Morgan fingerprint density at radius 1 is 1.56 bits per heavy atom. The third kappa shape index (κ3) is 2.36. The largest absolute Gasteiger partial charge is 0.462 e. The van der Waals surface area contributed by atoms with Gasteiger partial charge in [0.25, 0.3) is 0 Å². The SMILES string of the molecule is CCOC(=O)c1c(N)sc(N2CC=CCC2)c1C. The molecule has 98 valence electrons. The lowest BCUT2D eigenvalue weighted by Gasteiger charge is -2.24. The molecule has 4 nitrogen and oxygen atoms in total. The fourth-order valence-corrected chi connectivity index (χ4v) is 3.20. The van der Waals surface area contributed by atoms with E-state index in [2.05, 4.69) is 17.1 Å². The van der Waals surface area contributed by atoms with Gasteiger partial charge in [0, 0.05) is 18.7 Å². The summed E-state index contributed by atoms with van der Waals surface area (Å²) in [7, 11) is 0. The summed E-state index contributed by atoms with van der Waals surface area (Å²) < 4.78 is 5.05. The molecule has 1 aromatic rings. The molecular formula is C13H18N2O2S. The smallest absolute Gasteiger partial charge is 0.341 e. The van der Waals surface area contributed by atoms with Crippen LogP contribution >= 0.6 is 11.3 Å². The molecule has 0 spiro atoms.